The van der Waals surface area contributed by atoms with E-state index in [1.54, 1.807) is 0 Å². The summed E-state index contributed by atoms with van der Waals surface area (Å²) in [4.78, 5) is 7.65. The molecule has 0 atom stereocenters. The lowest BCUT2D eigenvalue weighted by Gasteiger charge is -2.27. The number of imidazole rings is 1. The van der Waals surface area contributed by atoms with Crippen LogP contribution in [-0.2, 0) is 0 Å². The Labute approximate surface area is 301 Å². The fourth-order valence-electron chi connectivity index (χ4n) is 8.33. The number of anilines is 3. The van der Waals surface area contributed by atoms with Crippen LogP contribution >= 0.6 is 0 Å². The molecule has 0 N–H and O–H groups in total. The van der Waals surface area contributed by atoms with Gasteiger partial charge in [0.25, 0.3) is 0 Å². The summed E-state index contributed by atoms with van der Waals surface area (Å²) in [6.07, 6.45) is 0. The summed E-state index contributed by atoms with van der Waals surface area (Å²) in [6.45, 7) is 0. The van der Waals surface area contributed by atoms with Crippen LogP contribution in [0.5, 0.6) is 0 Å². The fourth-order valence-corrected chi connectivity index (χ4v) is 8.33. The van der Waals surface area contributed by atoms with Gasteiger partial charge in [0.05, 0.1) is 27.9 Å². The van der Waals surface area contributed by atoms with Gasteiger partial charge >= 0.3 is 0 Å². The summed E-state index contributed by atoms with van der Waals surface area (Å²) in [5.41, 5.74) is 17.4. The molecule has 0 bridgehead atoms. The third-order valence-corrected chi connectivity index (χ3v) is 10.7. The van der Waals surface area contributed by atoms with Gasteiger partial charge in [-0.1, -0.05) is 133 Å². The maximum absolute atomic E-state index is 5.25. The Morgan fingerprint density at radius 1 is 0.346 bits per heavy atom. The number of nitrogens with zero attached hydrogens (tertiary/aromatic N) is 3. The number of hydrogen-bond donors (Lipinski definition) is 0. The van der Waals surface area contributed by atoms with Crippen LogP contribution in [0.3, 0.4) is 0 Å². The van der Waals surface area contributed by atoms with Gasteiger partial charge in [-0.2, -0.15) is 0 Å². The zero-order valence-corrected chi connectivity index (χ0v) is 28.2. The molecule has 1 aliphatic rings. The molecule has 3 heteroatoms. The second-order valence-electron chi connectivity index (χ2n) is 13.6. The van der Waals surface area contributed by atoms with E-state index in [4.69, 9.17) is 4.98 Å². The summed E-state index contributed by atoms with van der Waals surface area (Å²) in [6, 6.07) is 68.0. The van der Waals surface area contributed by atoms with Gasteiger partial charge < -0.3 is 4.90 Å². The molecule has 2 aromatic heterocycles. The average molecular weight is 662 g/mol. The molecule has 242 valence electrons. The first kappa shape index (κ1) is 28.8. The van der Waals surface area contributed by atoms with E-state index < -0.39 is 0 Å². The van der Waals surface area contributed by atoms with Gasteiger partial charge in [0.2, 0.25) is 0 Å². The molecule has 10 aromatic rings. The van der Waals surface area contributed by atoms with Gasteiger partial charge in [-0.3, -0.25) is 4.40 Å². The maximum Gasteiger partial charge on any atom is 0.146 e. The Hall–Kier alpha value is -6.97. The molecule has 0 fully saturated rings. The van der Waals surface area contributed by atoms with E-state index in [0.29, 0.717) is 0 Å². The van der Waals surface area contributed by atoms with Crippen LogP contribution in [0.2, 0.25) is 0 Å². The largest absolute Gasteiger partial charge is 0.309 e. The second-order valence-corrected chi connectivity index (χ2v) is 13.6. The predicted octanol–water partition coefficient (Wildman–Crippen LogP) is 13.2. The summed E-state index contributed by atoms with van der Waals surface area (Å²) in [5, 5.41) is 3.63. The van der Waals surface area contributed by atoms with Crippen LogP contribution in [0.4, 0.5) is 17.1 Å². The minimum Gasteiger partial charge on any atom is -0.309 e. The first-order valence-corrected chi connectivity index (χ1v) is 17.8. The highest BCUT2D eigenvalue weighted by Crippen LogP contribution is 2.51. The van der Waals surface area contributed by atoms with Crippen LogP contribution in [0.15, 0.2) is 188 Å². The second kappa shape index (κ2) is 11.3. The van der Waals surface area contributed by atoms with Crippen LogP contribution < -0.4 is 4.90 Å². The molecule has 3 heterocycles. The van der Waals surface area contributed by atoms with Crippen molar-refractivity contribution < 1.29 is 0 Å². The molecule has 8 aromatic carbocycles. The van der Waals surface area contributed by atoms with Crippen molar-refractivity contribution in [3.63, 3.8) is 0 Å². The standard InChI is InChI=1S/C49H31N3/c1-2-15-36(16-3-1)51-45-23-10-8-20-40(45)37-17-4-5-18-38(37)43-30-34(25-27-47(43)51)32-13-12-14-33(29-32)35-26-28-48-44(31-35)50-49-42-22-7-6-19-39(42)41-21-9-11-24-46(41)52(48)49/h1-31H. The lowest BCUT2D eigenvalue weighted by atomic mass is 9.92. The van der Waals surface area contributed by atoms with E-state index >= 15 is 0 Å². The maximum atomic E-state index is 5.25. The van der Waals surface area contributed by atoms with Gasteiger partial charge in [0, 0.05) is 27.6 Å². The number of fused-ring (bicyclic) bond motifs is 13. The number of benzene rings is 8. The van der Waals surface area contributed by atoms with Crippen LogP contribution in [0, 0.1) is 0 Å². The van der Waals surface area contributed by atoms with Crippen LogP contribution in [0.25, 0.3) is 82.9 Å². The van der Waals surface area contributed by atoms with Gasteiger partial charge in [-0.15, -0.1) is 0 Å². The summed E-state index contributed by atoms with van der Waals surface area (Å²) < 4.78 is 2.32. The van der Waals surface area contributed by atoms with Crippen molar-refractivity contribution in [2.24, 2.45) is 0 Å². The Kier molecular flexibility index (Phi) is 6.25. The molecule has 0 saturated heterocycles. The highest BCUT2D eigenvalue weighted by atomic mass is 15.1. The van der Waals surface area contributed by atoms with Crippen molar-refractivity contribution in [2.75, 3.05) is 4.90 Å². The molecule has 0 amide bonds. The topological polar surface area (TPSA) is 20.5 Å². The van der Waals surface area contributed by atoms with E-state index in [1.807, 2.05) is 0 Å². The molecular formula is C49H31N3. The molecule has 1 aliphatic heterocycles. The van der Waals surface area contributed by atoms with Gasteiger partial charge in [-0.25, -0.2) is 4.98 Å². The summed E-state index contributed by atoms with van der Waals surface area (Å²) in [7, 11) is 0. The monoisotopic (exact) mass is 661 g/mol. The number of hydrogen-bond acceptors (Lipinski definition) is 2. The normalized spacial score (nSPS) is 12.2. The minimum atomic E-state index is 0.992. The first-order chi connectivity index (χ1) is 25.8. The quantitative estimate of drug-likeness (QED) is 0.176. The van der Waals surface area contributed by atoms with Crippen LogP contribution in [-0.4, -0.2) is 9.38 Å². The van der Waals surface area contributed by atoms with E-state index in [9.17, 15) is 0 Å². The highest BCUT2D eigenvalue weighted by molar-refractivity contribution is 6.14. The zero-order valence-electron chi connectivity index (χ0n) is 28.2. The Morgan fingerprint density at radius 3 is 1.77 bits per heavy atom. The van der Waals surface area contributed by atoms with Gasteiger partial charge in [0.1, 0.15) is 5.65 Å². The molecule has 0 unspecified atom stereocenters. The molecule has 0 spiro atoms. The van der Waals surface area contributed by atoms with Gasteiger partial charge in [-0.05, 0) is 93.4 Å². The average Bonchev–Trinajstić information content (AvgIpc) is 3.56. The van der Waals surface area contributed by atoms with E-state index in [-0.39, 0.29) is 0 Å². The van der Waals surface area contributed by atoms with Crippen molar-refractivity contribution in [3.8, 4) is 44.5 Å². The molecule has 3 nitrogen and oxygen atoms in total. The molecule has 52 heavy (non-hydrogen) atoms. The summed E-state index contributed by atoms with van der Waals surface area (Å²) in [5.74, 6) is 0. The Morgan fingerprint density at radius 2 is 0.942 bits per heavy atom. The van der Waals surface area contributed by atoms with Crippen molar-refractivity contribution in [2.45, 2.75) is 0 Å². The van der Waals surface area contributed by atoms with Crippen molar-refractivity contribution in [1.82, 2.24) is 9.38 Å². The van der Waals surface area contributed by atoms with Crippen molar-refractivity contribution >= 4 is 55.4 Å². The number of aromatic nitrogens is 2. The highest BCUT2D eigenvalue weighted by Gasteiger charge is 2.26. The molecular weight excluding hydrogens is 631 g/mol. The van der Waals surface area contributed by atoms with Crippen molar-refractivity contribution in [1.29, 1.82) is 0 Å². The number of para-hydroxylation sites is 3. The molecule has 0 saturated carbocycles. The third kappa shape index (κ3) is 4.30. The third-order valence-electron chi connectivity index (χ3n) is 10.7. The zero-order chi connectivity index (χ0) is 34.2. The number of rotatable bonds is 3. The number of pyridine rings is 1. The minimum absolute atomic E-state index is 0.992. The lowest BCUT2D eigenvalue weighted by Crippen LogP contribution is -2.10. The molecule has 0 radical (unpaired) electrons. The molecule has 0 aliphatic carbocycles. The first-order valence-electron chi connectivity index (χ1n) is 17.8. The lowest BCUT2D eigenvalue weighted by molar-refractivity contribution is 1.29. The Balaban J connectivity index is 1.06. The smallest absolute Gasteiger partial charge is 0.146 e. The van der Waals surface area contributed by atoms with E-state index in [2.05, 4.69) is 197 Å². The SMILES string of the molecule is c1ccc(N2c3ccccc3-c3ccccc3-c3cc(-c4cccc(-c5ccc6c(c5)nc5c7ccccc7c7ccccc7n65)c4)ccc32)cc1. The Bertz CT molecular complexity index is 3030. The van der Waals surface area contributed by atoms with Crippen LogP contribution in [0.1, 0.15) is 0 Å². The van der Waals surface area contributed by atoms with Crippen molar-refractivity contribution in [3.05, 3.63) is 188 Å². The van der Waals surface area contributed by atoms with E-state index in [1.165, 1.54) is 72.0 Å². The fraction of sp³-hybridized carbons (Fsp3) is 0. The van der Waals surface area contributed by atoms with Gasteiger partial charge in [0.15, 0.2) is 0 Å². The predicted molar refractivity (Wildman–Crippen MR) is 218 cm³/mol. The summed E-state index contributed by atoms with van der Waals surface area (Å²) >= 11 is 0. The molecule has 11 rings (SSSR count). The van der Waals surface area contributed by atoms with E-state index in [0.717, 1.165) is 27.9 Å².